The van der Waals surface area contributed by atoms with E-state index in [-0.39, 0.29) is 5.54 Å². The van der Waals surface area contributed by atoms with Gasteiger partial charge in [-0.2, -0.15) is 15.1 Å². The van der Waals surface area contributed by atoms with Gasteiger partial charge in [-0.05, 0) is 69.1 Å². The summed E-state index contributed by atoms with van der Waals surface area (Å²) in [5, 5.41) is 13.1. The number of hydrogen-bond acceptors (Lipinski definition) is 5. The summed E-state index contributed by atoms with van der Waals surface area (Å²) in [6.07, 6.45) is 16.7. The Morgan fingerprint density at radius 1 is 0.964 bits per heavy atom. The largest absolute Gasteiger partial charge is 0.367 e. The van der Waals surface area contributed by atoms with E-state index in [1.165, 1.54) is 70.6 Å². The van der Waals surface area contributed by atoms with Crippen LogP contribution in [0.2, 0.25) is 0 Å². The Kier molecular flexibility index (Phi) is 3.85. The van der Waals surface area contributed by atoms with Crippen LogP contribution in [-0.4, -0.2) is 31.3 Å². The Morgan fingerprint density at radius 2 is 1.64 bits per heavy atom. The van der Waals surface area contributed by atoms with Crippen LogP contribution < -0.4 is 10.6 Å². The predicted molar refractivity (Wildman–Crippen MR) is 111 cm³/mol. The molecule has 2 aromatic rings. The van der Waals surface area contributed by atoms with Crippen molar-refractivity contribution in [3.05, 3.63) is 6.20 Å². The van der Waals surface area contributed by atoms with Crippen molar-refractivity contribution in [2.24, 2.45) is 24.8 Å². The van der Waals surface area contributed by atoms with Crippen LogP contribution in [0.5, 0.6) is 0 Å². The Labute approximate surface area is 166 Å². The number of aromatic nitrogens is 4. The average molecular weight is 381 g/mol. The lowest BCUT2D eigenvalue weighted by Gasteiger charge is -2.56. The van der Waals surface area contributed by atoms with Gasteiger partial charge in [0.2, 0.25) is 5.95 Å². The second kappa shape index (κ2) is 6.33. The quantitative estimate of drug-likeness (QED) is 0.818. The van der Waals surface area contributed by atoms with Crippen LogP contribution in [0.3, 0.4) is 0 Å². The van der Waals surface area contributed by atoms with Crippen LogP contribution in [0.4, 0.5) is 11.8 Å². The van der Waals surface area contributed by atoms with Gasteiger partial charge in [-0.1, -0.05) is 19.3 Å². The minimum atomic E-state index is 0.225. The van der Waals surface area contributed by atoms with Gasteiger partial charge in [0.25, 0.3) is 0 Å². The van der Waals surface area contributed by atoms with Gasteiger partial charge < -0.3 is 10.6 Å². The zero-order valence-electron chi connectivity index (χ0n) is 17.0. The minimum absolute atomic E-state index is 0.225. The van der Waals surface area contributed by atoms with E-state index in [2.05, 4.69) is 15.7 Å². The van der Waals surface area contributed by atoms with Gasteiger partial charge in [0.05, 0.1) is 11.6 Å². The van der Waals surface area contributed by atoms with Crippen molar-refractivity contribution < 1.29 is 0 Å². The van der Waals surface area contributed by atoms with Crippen LogP contribution in [0.15, 0.2) is 6.20 Å². The highest BCUT2D eigenvalue weighted by molar-refractivity contribution is 5.87. The second-order valence-electron chi connectivity index (χ2n) is 10.2. The topological polar surface area (TPSA) is 67.7 Å². The van der Waals surface area contributed by atoms with E-state index in [0.29, 0.717) is 6.04 Å². The first-order chi connectivity index (χ1) is 13.7. The van der Waals surface area contributed by atoms with Crippen molar-refractivity contribution in [1.29, 1.82) is 0 Å². The normalized spacial score (nSPS) is 34.8. The molecule has 4 bridgehead atoms. The van der Waals surface area contributed by atoms with Crippen molar-refractivity contribution in [1.82, 2.24) is 19.7 Å². The van der Waals surface area contributed by atoms with E-state index in [1.807, 2.05) is 17.9 Å². The molecule has 5 saturated carbocycles. The molecular weight excluding hydrogens is 348 g/mol. The Hall–Kier alpha value is -1.85. The molecule has 0 radical (unpaired) electrons. The summed E-state index contributed by atoms with van der Waals surface area (Å²) in [5.74, 6) is 4.52. The van der Waals surface area contributed by atoms with E-state index in [0.717, 1.165) is 40.6 Å². The Balaban J connectivity index is 1.33. The van der Waals surface area contributed by atoms with Gasteiger partial charge in [-0.25, -0.2) is 0 Å². The lowest BCUT2D eigenvalue weighted by molar-refractivity contribution is 0.0104. The average Bonchev–Trinajstić information content (AvgIpc) is 3.02. The summed E-state index contributed by atoms with van der Waals surface area (Å²) in [7, 11) is 1.98. The molecule has 0 amide bonds. The molecule has 2 N–H and O–H groups in total. The maximum absolute atomic E-state index is 5.00. The van der Waals surface area contributed by atoms with E-state index < -0.39 is 0 Å². The van der Waals surface area contributed by atoms with Crippen molar-refractivity contribution in [2.75, 3.05) is 10.6 Å². The third kappa shape index (κ3) is 2.87. The molecule has 2 heterocycles. The number of nitrogens with one attached hydrogen (secondary N) is 2. The number of anilines is 2. The molecule has 5 aliphatic carbocycles. The van der Waals surface area contributed by atoms with Crippen LogP contribution in [0, 0.1) is 17.8 Å². The Bertz CT molecular complexity index is 845. The molecule has 7 rings (SSSR count). The molecule has 0 atom stereocenters. The standard InChI is InChI=1S/C22H32N6/c1-28-20-18(13-23-28)19(24-17-5-3-2-4-6-17)25-21(26-20)27-22-10-14-7-15(11-22)9-16(8-14)12-22/h13-17H,2-12H2,1H3,(H2,24,25,26,27). The fourth-order valence-corrected chi connectivity index (χ4v) is 7.13. The highest BCUT2D eigenvalue weighted by Gasteiger charge is 2.51. The van der Waals surface area contributed by atoms with E-state index in [4.69, 9.17) is 9.97 Å². The van der Waals surface area contributed by atoms with Crippen LogP contribution >= 0.6 is 0 Å². The molecule has 0 saturated heterocycles. The SMILES string of the molecule is Cn1ncc2c(NC3CCCCC3)nc(NC34CC5CC(CC(C5)C3)C4)nc21. The number of hydrogen-bond donors (Lipinski definition) is 2. The predicted octanol–water partition coefficient (Wildman–Crippen LogP) is 4.49. The molecule has 0 aromatic carbocycles. The smallest absolute Gasteiger partial charge is 0.227 e. The fourth-order valence-electron chi connectivity index (χ4n) is 7.13. The molecule has 0 aliphatic heterocycles. The highest BCUT2D eigenvalue weighted by Crippen LogP contribution is 2.56. The maximum Gasteiger partial charge on any atom is 0.227 e. The first kappa shape index (κ1) is 17.0. The number of nitrogens with zero attached hydrogens (tertiary/aromatic N) is 4. The summed E-state index contributed by atoms with van der Waals surface area (Å²) in [6, 6.07) is 0.527. The minimum Gasteiger partial charge on any atom is -0.367 e. The fraction of sp³-hybridized carbons (Fsp3) is 0.773. The summed E-state index contributed by atoms with van der Waals surface area (Å²) in [4.78, 5) is 9.90. The zero-order valence-corrected chi connectivity index (χ0v) is 17.0. The lowest BCUT2D eigenvalue weighted by atomic mass is 9.53. The van der Waals surface area contributed by atoms with Crippen LogP contribution in [-0.2, 0) is 7.05 Å². The van der Waals surface area contributed by atoms with Gasteiger partial charge in [-0.3, -0.25) is 4.68 Å². The third-order valence-electron chi connectivity index (χ3n) is 7.95. The van der Waals surface area contributed by atoms with E-state index in [1.54, 1.807) is 0 Å². The summed E-state index contributed by atoms with van der Waals surface area (Å²) in [5.41, 5.74) is 1.16. The lowest BCUT2D eigenvalue weighted by Crippen LogP contribution is -2.55. The molecule has 5 aliphatic rings. The Morgan fingerprint density at radius 3 is 2.32 bits per heavy atom. The van der Waals surface area contributed by atoms with Gasteiger partial charge >= 0.3 is 0 Å². The van der Waals surface area contributed by atoms with Gasteiger partial charge in [0, 0.05) is 18.6 Å². The molecule has 6 heteroatoms. The van der Waals surface area contributed by atoms with Crippen LogP contribution in [0.1, 0.15) is 70.6 Å². The van der Waals surface area contributed by atoms with Gasteiger partial charge in [0.1, 0.15) is 5.82 Å². The van der Waals surface area contributed by atoms with Crippen molar-refractivity contribution in [2.45, 2.75) is 82.2 Å². The summed E-state index contributed by atoms with van der Waals surface area (Å²) in [6.45, 7) is 0. The molecule has 5 fully saturated rings. The van der Waals surface area contributed by atoms with Crippen LogP contribution in [0.25, 0.3) is 11.0 Å². The number of rotatable bonds is 4. The molecule has 0 spiro atoms. The van der Waals surface area contributed by atoms with E-state index >= 15 is 0 Å². The van der Waals surface area contributed by atoms with E-state index in [9.17, 15) is 0 Å². The first-order valence-electron chi connectivity index (χ1n) is 11.4. The monoisotopic (exact) mass is 380 g/mol. The summed E-state index contributed by atoms with van der Waals surface area (Å²) < 4.78 is 1.88. The summed E-state index contributed by atoms with van der Waals surface area (Å²) >= 11 is 0. The molecule has 6 nitrogen and oxygen atoms in total. The molecular formula is C22H32N6. The molecule has 2 aromatic heterocycles. The zero-order chi connectivity index (χ0) is 18.7. The van der Waals surface area contributed by atoms with Gasteiger partial charge in [-0.15, -0.1) is 0 Å². The first-order valence-corrected chi connectivity index (χ1v) is 11.4. The van der Waals surface area contributed by atoms with Crippen molar-refractivity contribution in [3.63, 3.8) is 0 Å². The highest BCUT2D eigenvalue weighted by atomic mass is 15.3. The molecule has 28 heavy (non-hydrogen) atoms. The maximum atomic E-state index is 5.00. The number of aryl methyl sites for hydroxylation is 1. The van der Waals surface area contributed by atoms with Crippen molar-refractivity contribution in [3.8, 4) is 0 Å². The molecule has 150 valence electrons. The van der Waals surface area contributed by atoms with Gasteiger partial charge in [0.15, 0.2) is 5.65 Å². The molecule has 0 unspecified atom stereocenters. The second-order valence-corrected chi connectivity index (χ2v) is 10.2. The third-order valence-corrected chi connectivity index (χ3v) is 7.95. The van der Waals surface area contributed by atoms with Crippen molar-refractivity contribution >= 4 is 22.8 Å². The number of fused-ring (bicyclic) bond motifs is 1.